The van der Waals surface area contributed by atoms with Gasteiger partial charge in [0.1, 0.15) is 11.5 Å². The maximum atomic E-state index is 9.36. The van der Waals surface area contributed by atoms with Crippen molar-refractivity contribution in [1.82, 2.24) is 0 Å². The summed E-state index contributed by atoms with van der Waals surface area (Å²) in [5.41, 5.74) is 4.07. The molecular weight excluding hydrogens is 290 g/mol. The molecule has 0 unspecified atom stereocenters. The quantitative estimate of drug-likeness (QED) is 0.818. The fourth-order valence-electron chi connectivity index (χ4n) is 2.29. The Labute approximate surface area is 137 Å². The van der Waals surface area contributed by atoms with Gasteiger partial charge >= 0.3 is 0 Å². The second-order valence-electron chi connectivity index (χ2n) is 5.30. The molecule has 0 fully saturated rings. The zero-order chi connectivity index (χ0) is 16.7. The molecule has 2 aromatic rings. The van der Waals surface area contributed by atoms with Crippen LogP contribution in [0.5, 0.6) is 11.5 Å². The lowest BCUT2D eigenvalue weighted by atomic mass is 10.1. The Kier molecular flexibility index (Phi) is 6.06. The minimum absolute atomic E-state index is 0.0423. The zero-order valence-electron chi connectivity index (χ0n) is 13.8. The molecule has 2 aromatic carbocycles. The van der Waals surface area contributed by atoms with Gasteiger partial charge in [0.2, 0.25) is 0 Å². The van der Waals surface area contributed by atoms with Crippen molar-refractivity contribution >= 4 is 11.8 Å². The van der Waals surface area contributed by atoms with Gasteiger partial charge in [-0.1, -0.05) is 23.8 Å². The van der Waals surface area contributed by atoms with Crippen molar-refractivity contribution in [3.05, 3.63) is 59.2 Å². The average molecular weight is 313 g/mol. The SMILES string of the molecule is COc1ccc(/C=C(/C)CNc2ccc(OC)c(CO)c2)cc1. The van der Waals surface area contributed by atoms with Gasteiger partial charge in [0.15, 0.2) is 0 Å². The van der Waals surface area contributed by atoms with Gasteiger partial charge in [0, 0.05) is 17.8 Å². The second kappa shape index (κ2) is 8.25. The number of ether oxygens (including phenoxy) is 2. The lowest BCUT2D eigenvalue weighted by Gasteiger charge is -2.11. The van der Waals surface area contributed by atoms with Gasteiger partial charge in [-0.25, -0.2) is 0 Å². The van der Waals surface area contributed by atoms with Gasteiger partial charge in [-0.05, 0) is 42.8 Å². The highest BCUT2D eigenvalue weighted by molar-refractivity contribution is 5.56. The molecule has 4 heteroatoms. The molecule has 0 spiro atoms. The summed E-state index contributed by atoms with van der Waals surface area (Å²) in [6.07, 6.45) is 2.13. The van der Waals surface area contributed by atoms with Gasteiger partial charge in [0.25, 0.3) is 0 Å². The molecule has 23 heavy (non-hydrogen) atoms. The van der Waals surface area contributed by atoms with Gasteiger partial charge in [-0.2, -0.15) is 0 Å². The summed E-state index contributed by atoms with van der Waals surface area (Å²) in [6, 6.07) is 13.7. The van der Waals surface area contributed by atoms with E-state index in [0.717, 1.165) is 29.1 Å². The van der Waals surface area contributed by atoms with Gasteiger partial charge in [-0.15, -0.1) is 0 Å². The summed E-state index contributed by atoms with van der Waals surface area (Å²) in [4.78, 5) is 0. The smallest absolute Gasteiger partial charge is 0.124 e. The zero-order valence-corrected chi connectivity index (χ0v) is 13.8. The molecule has 0 amide bonds. The molecule has 0 bridgehead atoms. The van der Waals surface area contributed by atoms with E-state index in [-0.39, 0.29) is 6.61 Å². The summed E-state index contributed by atoms with van der Waals surface area (Å²) < 4.78 is 10.4. The monoisotopic (exact) mass is 313 g/mol. The largest absolute Gasteiger partial charge is 0.497 e. The predicted octanol–water partition coefficient (Wildman–Crippen LogP) is 3.71. The number of hydrogen-bond acceptors (Lipinski definition) is 4. The Morgan fingerprint density at radius 3 is 2.43 bits per heavy atom. The summed E-state index contributed by atoms with van der Waals surface area (Å²) in [6.45, 7) is 2.76. The van der Waals surface area contributed by atoms with Gasteiger partial charge in [0.05, 0.1) is 20.8 Å². The van der Waals surface area contributed by atoms with E-state index in [9.17, 15) is 5.11 Å². The van der Waals surface area contributed by atoms with Crippen molar-refractivity contribution in [2.24, 2.45) is 0 Å². The molecule has 0 aliphatic heterocycles. The molecule has 0 radical (unpaired) electrons. The highest BCUT2D eigenvalue weighted by Gasteiger charge is 2.03. The van der Waals surface area contributed by atoms with Gasteiger partial charge in [-0.3, -0.25) is 0 Å². The molecule has 4 nitrogen and oxygen atoms in total. The Morgan fingerprint density at radius 2 is 1.83 bits per heavy atom. The lowest BCUT2D eigenvalue weighted by Crippen LogP contribution is -2.03. The van der Waals surface area contributed by atoms with Crippen LogP contribution in [0.25, 0.3) is 6.08 Å². The summed E-state index contributed by atoms with van der Waals surface area (Å²) in [5, 5.41) is 12.7. The molecule has 0 atom stereocenters. The van der Waals surface area contributed by atoms with E-state index in [1.165, 1.54) is 5.57 Å². The third-order valence-electron chi connectivity index (χ3n) is 3.55. The number of methoxy groups -OCH3 is 2. The van der Waals surface area contributed by atoms with Crippen LogP contribution >= 0.6 is 0 Å². The third-order valence-corrected chi connectivity index (χ3v) is 3.55. The van der Waals surface area contributed by atoms with Gasteiger partial charge < -0.3 is 19.9 Å². The van der Waals surface area contributed by atoms with E-state index in [1.54, 1.807) is 14.2 Å². The fraction of sp³-hybridized carbons (Fsp3) is 0.263. The molecule has 2 rings (SSSR count). The van der Waals surface area contributed by atoms with Crippen LogP contribution < -0.4 is 14.8 Å². The van der Waals surface area contributed by atoms with Crippen LogP contribution in [-0.4, -0.2) is 25.9 Å². The number of anilines is 1. The second-order valence-corrected chi connectivity index (χ2v) is 5.30. The number of aliphatic hydroxyl groups is 1. The molecule has 0 aromatic heterocycles. The molecule has 0 saturated heterocycles. The fourth-order valence-corrected chi connectivity index (χ4v) is 2.29. The molecule has 122 valence electrons. The number of benzene rings is 2. The van der Waals surface area contributed by atoms with Crippen LogP contribution in [0.4, 0.5) is 5.69 Å². The topological polar surface area (TPSA) is 50.7 Å². The Bertz CT molecular complexity index is 663. The van der Waals surface area contributed by atoms with Crippen molar-refractivity contribution in [2.45, 2.75) is 13.5 Å². The summed E-state index contributed by atoms with van der Waals surface area (Å²) in [7, 11) is 3.26. The van der Waals surface area contributed by atoms with Crippen LogP contribution in [0.15, 0.2) is 48.0 Å². The minimum atomic E-state index is -0.0423. The van der Waals surface area contributed by atoms with Crippen molar-refractivity contribution in [2.75, 3.05) is 26.1 Å². The molecular formula is C19H23NO3. The normalized spacial score (nSPS) is 11.2. The maximum absolute atomic E-state index is 9.36. The Morgan fingerprint density at radius 1 is 1.09 bits per heavy atom. The Balaban J connectivity index is 2.00. The summed E-state index contributed by atoms with van der Waals surface area (Å²) >= 11 is 0. The molecule has 2 N–H and O–H groups in total. The third kappa shape index (κ3) is 4.76. The summed E-state index contributed by atoms with van der Waals surface area (Å²) in [5.74, 6) is 1.55. The van der Waals surface area contributed by atoms with Crippen LogP contribution in [0.2, 0.25) is 0 Å². The number of rotatable bonds is 7. The Hall–Kier alpha value is -2.46. The first kappa shape index (κ1) is 16.9. The van der Waals surface area contributed by atoms with Crippen molar-refractivity contribution in [1.29, 1.82) is 0 Å². The first-order chi connectivity index (χ1) is 11.2. The van der Waals surface area contributed by atoms with E-state index < -0.39 is 0 Å². The van der Waals surface area contributed by atoms with E-state index in [4.69, 9.17) is 9.47 Å². The van der Waals surface area contributed by atoms with Crippen LogP contribution in [0.1, 0.15) is 18.1 Å². The molecule has 0 heterocycles. The van der Waals surface area contributed by atoms with E-state index in [1.807, 2.05) is 42.5 Å². The first-order valence-electron chi connectivity index (χ1n) is 7.49. The van der Waals surface area contributed by atoms with E-state index in [0.29, 0.717) is 5.75 Å². The predicted molar refractivity (Wildman–Crippen MR) is 94.1 cm³/mol. The number of hydrogen-bond donors (Lipinski definition) is 2. The van der Waals surface area contributed by atoms with Crippen LogP contribution in [0, 0.1) is 0 Å². The number of aliphatic hydroxyl groups excluding tert-OH is 1. The minimum Gasteiger partial charge on any atom is -0.497 e. The van der Waals surface area contributed by atoms with Crippen molar-refractivity contribution in [3.63, 3.8) is 0 Å². The first-order valence-corrected chi connectivity index (χ1v) is 7.49. The van der Waals surface area contributed by atoms with E-state index in [2.05, 4.69) is 18.3 Å². The van der Waals surface area contributed by atoms with Crippen LogP contribution in [0.3, 0.4) is 0 Å². The average Bonchev–Trinajstić information content (AvgIpc) is 2.60. The van der Waals surface area contributed by atoms with E-state index >= 15 is 0 Å². The number of nitrogens with one attached hydrogen (secondary N) is 1. The standard InChI is InChI=1S/C19H23NO3/c1-14(10-15-4-7-18(22-2)8-5-15)12-20-17-6-9-19(23-3)16(11-17)13-21/h4-11,20-21H,12-13H2,1-3H3/b14-10-. The maximum Gasteiger partial charge on any atom is 0.124 e. The highest BCUT2D eigenvalue weighted by Crippen LogP contribution is 2.23. The molecule has 0 aliphatic rings. The van der Waals surface area contributed by atoms with Crippen LogP contribution in [-0.2, 0) is 6.61 Å². The molecule has 0 saturated carbocycles. The lowest BCUT2D eigenvalue weighted by molar-refractivity contribution is 0.274. The molecule has 0 aliphatic carbocycles. The van der Waals surface area contributed by atoms with Crippen molar-refractivity contribution in [3.8, 4) is 11.5 Å². The highest BCUT2D eigenvalue weighted by atomic mass is 16.5. The van der Waals surface area contributed by atoms with Crippen molar-refractivity contribution < 1.29 is 14.6 Å².